The zero-order valence-corrected chi connectivity index (χ0v) is 13.5. The molecule has 2 amide bonds. The summed E-state index contributed by atoms with van der Waals surface area (Å²) in [5.74, 6) is -0.359. The molecule has 2 heterocycles. The number of aryl methyl sites for hydroxylation is 1. The number of carbonyl (C=O) groups excluding carboxylic acids is 2. The third kappa shape index (κ3) is 2.69. The summed E-state index contributed by atoms with van der Waals surface area (Å²) in [5.41, 5.74) is 2.33. The Labute approximate surface area is 134 Å². The summed E-state index contributed by atoms with van der Waals surface area (Å²) < 4.78 is 0. The zero-order valence-electron chi connectivity index (χ0n) is 12.7. The molecule has 0 saturated heterocycles. The highest BCUT2D eigenvalue weighted by molar-refractivity contribution is 7.10. The second kappa shape index (κ2) is 6.02. The Morgan fingerprint density at radius 1 is 1.09 bits per heavy atom. The summed E-state index contributed by atoms with van der Waals surface area (Å²) in [4.78, 5) is 29.4. The minimum absolute atomic E-state index is 0.179. The minimum atomic E-state index is -0.179. The number of nitrogens with zero attached hydrogens (tertiary/aromatic N) is 2. The Kier molecular flexibility index (Phi) is 4.09. The molecule has 22 heavy (non-hydrogen) atoms. The van der Waals surface area contributed by atoms with Crippen molar-refractivity contribution in [3.05, 3.63) is 57.3 Å². The Balaban J connectivity index is 1.62. The maximum absolute atomic E-state index is 12.3. The van der Waals surface area contributed by atoms with Gasteiger partial charge in [0.25, 0.3) is 11.8 Å². The van der Waals surface area contributed by atoms with E-state index >= 15 is 0 Å². The molecule has 0 aliphatic carbocycles. The quantitative estimate of drug-likeness (QED) is 0.797. The van der Waals surface area contributed by atoms with Crippen molar-refractivity contribution in [3.63, 3.8) is 0 Å². The number of thiophene rings is 1. The van der Waals surface area contributed by atoms with E-state index in [1.54, 1.807) is 35.6 Å². The van der Waals surface area contributed by atoms with Crippen molar-refractivity contribution in [2.75, 3.05) is 20.1 Å². The predicted molar refractivity (Wildman–Crippen MR) is 87.2 cm³/mol. The summed E-state index contributed by atoms with van der Waals surface area (Å²) in [6, 6.07) is 9.12. The van der Waals surface area contributed by atoms with Crippen LogP contribution in [0.1, 0.15) is 31.2 Å². The molecule has 5 heteroatoms. The van der Waals surface area contributed by atoms with Crippen LogP contribution >= 0.6 is 11.3 Å². The lowest BCUT2D eigenvalue weighted by atomic mass is 10.1. The second-order valence-corrected chi connectivity index (χ2v) is 6.57. The summed E-state index contributed by atoms with van der Waals surface area (Å²) in [6.07, 6.45) is 0. The fourth-order valence-corrected chi connectivity index (χ4v) is 3.59. The van der Waals surface area contributed by atoms with Gasteiger partial charge in [-0.25, -0.2) is 0 Å². The molecule has 0 saturated carbocycles. The summed E-state index contributed by atoms with van der Waals surface area (Å²) in [6.45, 7) is 4.03. The van der Waals surface area contributed by atoms with Gasteiger partial charge < -0.3 is 0 Å². The molecule has 3 rings (SSSR count). The molecular weight excluding hydrogens is 296 g/mol. The largest absolute Gasteiger partial charge is 0.300 e. The number of benzene rings is 1. The van der Waals surface area contributed by atoms with Crippen LogP contribution in [0, 0.1) is 6.92 Å². The average molecular weight is 314 g/mol. The fourth-order valence-electron chi connectivity index (χ4n) is 2.60. The van der Waals surface area contributed by atoms with Crippen molar-refractivity contribution >= 4 is 23.2 Å². The van der Waals surface area contributed by atoms with E-state index in [-0.39, 0.29) is 11.8 Å². The van der Waals surface area contributed by atoms with Crippen LogP contribution in [0.4, 0.5) is 0 Å². The van der Waals surface area contributed by atoms with E-state index in [9.17, 15) is 9.59 Å². The van der Waals surface area contributed by atoms with Crippen molar-refractivity contribution in [3.8, 4) is 0 Å². The second-order valence-electron chi connectivity index (χ2n) is 5.57. The summed E-state index contributed by atoms with van der Waals surface area (Å²) >= 11 is 1.74. The maximum atomic E-state index is 12.3. The van der Waals surface area contributed by atoms with Crippen LogP contribution in [0.3, 0.4) is 0 Å². The van der Waals surface area contributed by atoms with Crippen LogP contribution in [-0.2, 0) is 6.54 Å². The van der Waals surface area contributed by atoms with E-state index in [2.05, 4.69) is 23.3 Å². The lowest BCUT2D eigenvalue weighted by Gasteiger charge is -2.20. The first kappa shape index (κ1) is 14.9. The van der Waals surface area contributed by atoms with E-state index in [4.69, 9.17) is 0 Å². The summed E-state index contributed by atoms with van der Waals surface area (Å²) in [7, 11) is 2.01. The van der Waals surface area contributed by atoms with Gasteiger partial charge >= 0.3 is 0 Å². The molecule has 1 aromatic heterocycles. The number of amides is 2. The molecule has 0 unspecified atom stereocenters. The number of fused-ring (bicyclic) bond motifs is 1. The van der Waals surface area contributed by atoms with Gasteiger partial charge in [0, 0.05) is 24.5 Å². The molecule has 4 nitrogen and oxygen atoms in total. The van der Waals surface area contributed by atoms with Gasteiger partial charge in [0.15, 0.2) is 0 Å². The Hall–Kier alpha value is -1.98. The molecule has 1 aliphatic rings. The molecule has 2 aromatic rings. The van der Waals surface area contributed by atoms with Crippen molar-refractivity contribution in [1.29, 1.82) is 0 Å². The molecule has 114 valence electrons. The van der Waals surface area contributed by atoms with Crippen LogP contribution in [0.25, 0.3) is 0 Å². The van der Waals surface area contributed by atoms with Gasteiger partial charge in [0.2, 0.25) is 0 Å². The SMILES string of the molecule is Cc1ccsc1CN(C)CCN1C(=O)c2ccccc2C1=O. The molecule has 0 spiro atoms. The first-order chi connectivity index (χ1) is 10.6. The highest BCUT2D eigenvalue weighted by Crippen LogP contribution is 2.22. The van der Waals surface area contributed by atoms with Gasteiger partial charge in [0.05, 0.1) is 11.1 Å². The number of likely N-dealkylation sites (N-methyl/N-ethyl adjacent to an activating group) is 1. The fraction of sp³-hybridized carbons (Fsp3) is 0.294. The standard InChI is InChI=1S/C17H18N2O2S/c1-12-7-10-22-15(12)11-18(2)8-9-19-16(20)13-5-3-4-6-14(13)17(19)21/h3-7,10H,8-9,11H2,1-2H3. The van der Waals surface area contributed by atoms with Gasteiger partial charge in [-0.2, -0.15) is 0 Å². The molecule has 1 aromatic carbocycles. The van der Waals surface area contributed by atoms with Crippen molar-refractivity contribution in [1.82, 2.24) is 9.80 Å². The van der Waals surface area contributed by atoms with Gasteiger partial charge in [-0.15, -0.1) is 11.3 Å². The number of hydrogen-bond acceptors (Lipinski definition) is 4. The number of imide groups is 1. The summed E-state index contributed by atoms with van der Waals surface area (Å²) in [5, 5.41) is 2.09. The maximum Gasteiger partial charge on any atom is 0.261 e. The van der Waals surface area contributed by atoms with E-state index in [0.29, 0.717) is 24.2 Å². The minimum Gasteiger partial charge on any atom is -0.300 e. The van der Waals surface area contributed by atoms with Crippen LogP contribution < -0.4 is 0 Å². The van der Waals surface area contributed by atoms with E-state index < -0.39 is 0 Å². The number of rotatable bonds is 5. The Morgan fingerprint density at radius 3 is 2.27 bits per heavy atom. The molecule has 0 bridgehead atoms. The normalized spacial score (nSPS) is 14.0. The highest BCUT2D eigenvalue weighted by atomic mass is 32.1. The van der Waals surface area contributed by atoms with E-state index in [1.807, 2.05) is 7.05 Å². The van der Waals surface area contributed by atoms with Crippen LogP contribution in [0.5, 0.6) is 0 Å². The van der Waals surface area contributed by atoms with Crippen molar-refractivity contribution in [2.24, 2.45) is 0 Å². The van der Waals surface area contributed by atoms with Crippen molar-refractivity contribution < 1.29 is 9.59 Å². The smallest absolute Gasteiger partial charge is 0.261 e. The third-order valence-corrected chi connectivity index (χ3v) is 4.97. The molecule has 0 radical (unpaired) electrons. The molecule has 0 atom stereocenters. The van der Waals surface area contributed by atoms with Crippen LogP contribution in [0.15, 0.2) is 35.7 Å². The van der Waals surface area contributed by atoms with E-state index in [0.717, 1.165) is 6.54 Å². The van der Waals surface area contributed by atoms with Gasteiger partial charge in [-0.1, -0.05) is 12.1 Å². The zero-order chi connectivity index (χ0) is 15.7. The Bertz CT molecular complexity index is 688. The molecular formula is C17H18N2O2S. The Morgan fingerprint density at radius 2 is 1.73 bits per heavy atom. The van der Waals surface area contributed by atoms with Gasteiger partial charge in [-0.3, -0.25) is 19.4 Å². The highest BCUT2D eigenvalue weighted by Gasteiger charge is 2.34. The first-order valence-corrected chi connectivity index (χ1v) is 8.12. The van der Waals surface area contributed by atoms with Gasteiger partial charge in [-0.05, 0) is 43.1 Å². The third-order valence-electron chi connectivity index (χ3n) is 3.97. The van der Waals surface area contributed by atoms with Crippen molar-refractivity contribution in [2.45, 2.75) is 13.5 Å². The number of hydrogen-bond donors (Lipinski definition) is 0. The topological polar surface area (TPSA) is 40.6 Å². The number of carbonyl (C=O) groups is 2. The first-order valence-electron chi connectivity index (χ1n) is 7.24. The molecule has 0 N–H and O–H groups in total. The van der Waals surface area contributed by atoms with E-state index in [1.165, 1.54) is 15.3 Å². The monoisotopic (exact) mass is 314 g/mol. The van der Waals surface area contributed by atoms with Crippen LogP contribution in [0.2, 0.25) is 0 Å². The molecule has 0 fully saturated rings. The lowest BCUT2D eigenvalue weighted by Crippen LogP contribution is -2.36. The average Bonchev–Trinajstić information content (AvgIpc) is 3.01. The predicted octanol–water partition coefficient (Wildman–Crippen LogP) is 2.78. The van der Waals surface area contributed by atoms with Crippen LogP contribution in [-0.4, -0.2) is 41.8 Å². The van der Waals surface area contributed by atoms with Gasteiger partial charge in [0.1, 0.15) is 0 Å². The lowest BCUT2D eigenvalue weighted by molar-refractivity contribution is 0.0640. The molecule has 1 aliphatic heterocycles.